The SMILES string of the molecule is CCOC(=O)c1nc(CC)n(CCCCSC)c1N. The molecule has 0 radical (unpaired) electrons. The Kier molecular flexibility index (Phi) is 6.77. The number of hydrogen-bond acceptors (Lipinski definition) is 5. The van der Waals surface area contributed by atoms with Crippen molar-refractivity contribution in [2.75, 3.05) is 24.3 Å². The van der Waals surface area contributed by atoms with Gasteiger partial charge in [-0.05, 0) is 31.8 Å². The highest BCUT2D eigenvalue weighted by Gasteiger charge is 2.20. The minimum atomic E-state index is -0.433. The number of nitrogen functional groups attached to an aromatic ring is 1. The lowest BCUT2D eigenvalue weighted by molar-refractivity contribution is 0.0521. The summed E-state index contributed by atoms with van der Waals surface area (Å²) in [6, 6.07) is 0. The van der Waals surface area contributed by atoms with Gasteiger partial charge < -0.3 is 15.0 Å². The average Bonchev–Trinajstić information content (AvgIpc) is 2.72. The van der Waals surface area contributed by atoms with Gasteiger partial charge in [-0.15, -0.1) is 0 Å². The number of thioether (sulfide) groups is 1. The van der Waals surface area contributed by atoms with Gasteiger partial charge in [-0.1, -0.05) is 6.92 Å². The molecular formula is C13H23N3O2S. The smallest absolute Gasteiger partial charge is 0.360 e. The van der Waals surface area contributed by atoms with Gasteiger partial charge >= 0.3 is 5.97 Å². The maximum absolute atomic E-state index is 11.7. The number of ether oxygens (including phenoxy) is 1. The lowest BCUT2D eigenvalue weighted by Gasteiger charge is -2.08. The maximum atomic E-state index is 11.7. The number of rotatable bonds is 8. The van der Waals surface area contributed by atoms with Crippen molar-refractivity contribution in [2.45, 2.75) is 39.7 Å². The van der Waals surface area contributed by atoms with Crippen molar-refractivity contribution in [2.24, 2.45) is 0 Å². The van der Waals surface area contributed by atoms with Gasteiger partial charge in [0, 0.05) is 13.0 Å². The molecule has 0 aliphatic heterocycles. The molecule has 19 heavy (non-hydrogen) atoms. The Morgan fingerprint density at radius 2 is 2.16 bits per heavy atom. The highest BCUT2D eigenvalue weighted by atomic mass is 32.2. The van der Waals surface area contributed by atoms with Crippen molar-refractivity contribution >= 4 is 23.5 Å². The Bertz CT molecular complexity index is 418. The Morgan fingerprint density at radius 1 is 1.42 bits per heavy atom. The molecule has 0 amide bonds. The van der Waals surface area contributed by atoms with E-state index in [-0.39, 0.29) is 5.69 Å². The van der Waals surface area contributed by atoms with E-state index in [4.69, 9.17) is 10.5 Å². The second-order valence-electron chi connectivity index (χ2n) is 4.19. The van der Waals surface area contributed by atoms with E-state index in [0.717, 1.165) is 37.4 Å². The van der Waals surface area contributed by atoms with Crippen molar-refractivity contribution in [1.29, 1.82) is 0 Å². The zero-order valence-corrected chi connectivity index (χ0v) is 12.8. The van der Waals surface area contributed by atoms with E-state index in [2.05, 4.69) is 11.2 Å². The van der Waals surface area contributed by atoms with Gasteiger partial charge in [-0.2, -0.15) is 11.8 Å². The summed E-state index contributed by atoms with van der Waals surface area (Å²) in [5.41, 5.74) is 6.27. The first-order valence-electron chi connectivity index (χ1n) is 6.66. The molecule has 0 aromatic carbocycles. The first kappa shape index (κ1) is 15.9. The number of unbranched alkanes of at least 4 members (excludes halogenated alkanes) is 1. The largest absolute Gasteiger partial charge is 0.461 e. The van der Waals surface area contributed by atoms with Gasteiger partial charge in [0.2, 0.25) is 0 Å². The second-order valence-corrected chi connectivity index (χ2v) is 5.17. The van der Waals surface area contributed by atoms with Crippen molar-refractivity contribution in [1.82, 2.24) is 9.55 Å². The fourth-order valence-corrected chi connectivity index (χ4v) is 2.39. The average molecular weight is 285 g/mol. The van der Waals surface area contributed by atoms with E-state index >= 15 is 0 Å². The maximum Gasteiger partial charge on any atom is 0.360 e. The third-order valence-corrected chi connectivity index (χ3v) is 3.55. The van der Waals surface area contributed by atoms with Crippen LogP contribution >= 0.6 is 11.8 Å². The molecule has 1 aromatic heterocycles. The molecule has 0 bridgehead atoms. The van der Waals surface area contributed by atoms with Gasteiger partial charge in [-0.25, -0.2) is 9.78 Å². The number of nitrogens with zero attached hydrogens (tertiary/aromatic N) is 2. The molecule has 0 saturated heterocycles. The van der Waals surface area contributed by atoms with Crippen molar-refractivity contribution in [3.63, 3.8) is 0 Å². The Balaban J connectivity index is 2.81. The van der Waals surface area contributed by atoms with Crippen LogP contribution in [0.5, 0.6) is 0 Å². The molecule has 5 nitrogen and oxygen atoms in total. The molecule has 0 unspecified atom stereocenters. The predicted molar refractivity (Wildman–Crippen MR) is 79.6 cm³/mol. The second kappa shape index (κ2) is 8.09. The van der Waals surface area contributed by atoms with Crippen LogP contribution in [0.4, 0.5) is 5.82 Å². The number of aryl methyl sites for hydroxylation is 1. The standard InChI is InChI=1S/C13H23N3O2S/c1-4-10-15-11(13(17)18-5-2)12(14)16(10)8-6-7-9-19-3/h4-9,14H2,1-3H3. The molecule has 108 valence electrons. The molecule has 0 saturated carbocycles. The number of esters is 1. The Labute approximate surface area is 118 Å². The highest BCUT2D eigenvalue weighted by Crippen LogP contribution is 2.17. The number of carbonyl (C=O) groups is 1. The third kappa shape index (κ3) is 4.16. The van der Waals surface area contributed by atoms with Crippen molar-refractivity contribution in [3.05, 3.63) is 11.5 Å². The summed E-state index contributed by atoms with van der Waals surface area (Å²) in [5.74, 6) is 1.99. The summed E-state index contributed by atoms with van der Waals surface area (Å²) < 4.78 is 6.90. The number of carbonyl (C=O) groups excluding carboxylic acids is 1. The van der Waals surface area contributed by atoms with E-state index in [0.29, 0.717) is 12.4 Å². The molecule has 1 rings (SSSR count). The molecule has 1 aromatic rings. The van der Waals surface area contributed by atoms with Gasteiger partial charge in [0.1, 0.15) is 11.6 Å². The minimum Gasteiger partial charge on any atom is -0.461 e. The van der Waals surface area contributed by atoms with Crippen LogP contribution in [0.1, 0.15) is 43.0 Å². The number of hydrogen-bond donors (Lipinski definition) is 1. The van der Waals surface area contributed by atoms with Crippen LogP contribution in [0.3, 0.4) is 0 Å². The predicted octanol–water partition coefficient (Wildman–Crippen LogP) is 2.35. The normalized spacial score (nSPS) is 10.7. The van der Waals surface area contributed by atoms with Crippen LogP contribution < -0.4 is 5.73 Å². The summed E-state index contributed by atoms with van der Waals surface area (Å²) in [5, 5.41) is 0. The fraction of sp³-hybridized carbons (Fsp3) is 0.692. The van der Waals surface area contributed by atoms with Gasteiger partial charge in [0.15, 0.2) is 5.69 Å². The Hall–Kier alpha value is -1.17. The summed E-state index contributed by atoms with van der Waals surface area (Å²) in [6.07, 6.45) is 5.03. The van der Waals surface area contributed by atoms with Crippen LogP contribution in [0.2, 0.25) is 0 Å². The molecule has 0 aliphatic rings. The number of anilines is 1. The van der Waals surface area contributed by atoms with Crippen molar-refractivity contribution in [3.8, 4) is 0 Å². The Morgan fingerprint density at radius 3 is 2.74 bits per heavy atom. The fourth-order valence-electron chi connectivity index (χ4n) is 1.90. The van der Waals surface area contributed by atoms with E-state index in [1.807, 2.05) is 23.3 Å². The monoisotopic (exact) mass is 285 g/mol. The van der Waals surface area contributed by atoms with E-state index < -0.39 is 5.97 Å². The highest BCUT2D eigenvalue weighted by molar-refractivity contribution is 7.98. The molecule has 0 aliphatic carbocycles. The van der Waals surface area contributed by atoms with Crippen LogP contribution in [-0.2, 0) is 17.7 Å². The molecule has 1 heterocycles. The quantitative estimate of drug-likeness (QED) is 0.586. The minimum absolute atomic E-state index is 0.253. The van der Waals surface area contributed by atoms with Crippen molar-refractivity contribution < 1.29 is 9.53 Å². The lowest BCUT2D eigenvalue weighted by Crippen LogP contribution is -2.10. The number of nitrogens with two attached hydrogens (primary N) is 1. The molecular weight excluding hydrogens is 262 g/mol. The van der Waals surface area contributed by atoms with Gasteiger partial charge in [0.05, 0.1) is 6.61 Å². The molecule has 0 spiro atoms. The van der Waals surface area contributed by atoms with Crippen LogP contribution in [0.25, 0.3) is 0 Å². The van der Waals surface area contributed by atoms with Gasteiger partial charge in [-0.3, -0.25) is 0 Å². The summed E-state index contributed by atoms with van der Waals surface area (Å²) in [6.45, 7) is 4.92. The zero-order chi connectivity index (χ0) is 14.3. The van der Waals surface area contributed by atoms with Crippen LogP contribution in [0, 0.1) is 0 Å². The van der Waals surface area contributed by atoms with Crippen LogP contribution in [0.15, 0.2) is 0 Å². The lowest BCUT2D eigenvalue weighted by atomic mass is 10.3. The topological polar surface area (TPSA) is 70.1 Å². The number of aromatic nitrogens is 2. The summed E-state index contributed by atoms with van der Waals surface area (Å²) in [4.78, 5) is 16.0. The number of imidazole rings is 1. The van der Waals surface area contributed by atoms with E-state index in [1.165, 1.54) is 0 Å². The van der Waals surface area contributed by atoms with Gasteiger partial charge in [0.25, 0.3) is 0 Å². The van der Waals surface area contributed by atoms with Crippen LogP contribution in [-0.4, -0.2) is 34.1 Å². The molecule has 0 atom stereocenters. The third-order valence-electron chi connectivity index (χ3n) is 2.85. The summed E-state index contributed by atoms with van der Waals surface area (Å²) >= 11 is 1.84. The van der Waals surface area contributed by atoms with E-state index in [1.54, 1.807) is 6.92 Å². The van der Waals surface area contributed by atoms with E-state index in [9.17, 15) is 4.79 Å². The first-order valence-corrected chi connectivity index (χ1v) is 8.05. The first-order chi connectivity index (χ1) is 9.15. The molecule has 6 heteroatoms. The molecule has 0 fully saturated rings. The molecule has 2 N–H and O–H groups in total. The summed E-state index contributed by atoms with van der Waals surface area (Å²) in [7, 11) is 0. The zero-order valence-electron chi connectivity index (χ0n) is 11.9.